The van der Waals surface area contributed by atoms with E-state index in [1.807, 2.05) is 13.8 Å². The van der Waals surface area contributed by atoms with Crippen molar-refractivity contribution >= 4 is 35.2 Å². The van der Waals surface area contributed by atoms with Crippen molar-refractivity contribution in [3.05, 3.63) is 41.5 Å². The van der Waals surface area contributed by atoms with Crippen LogP contribution in [0.3, 0.4) is 0 Å². The quantitative estimate of drug-likeness (QED) is 0.348. The maximum absolute atomic E-state index is 12.0. The molecule has 0 aliphatic carbocycles. The second-order valence-corrected chi connectivity index (χ2v) is 5.75. The van der Waals surface area contributed by atoms with E-state index in [2.05, 4.69) is 10.6 Å². The van der Waals surface area contributed by atoms with Gasteiger partial charge in [0.25, 0.3) is 0 Å². The highest BCUT2D eigenvalue weighted by atomic mass is 16.4. The van der Waals surface area contributed by atoms with E-state index in [1.165, 1.54) is 12.2 Å². The van der Waals surface area contributed by atoms with Crippen LogP contribution in [0.1, 0.15) is 45.1 Å². The van der Waals surface area contributed by atoms with E-state index in [0.717, 1.165) is 6.42 Å². The first kappa shape index (κ1) is 21.6. The molecular formula is C20H23N3O4. The molecule has 0 spiro atoms. The first-order valence-electron chi connectivity index (χ1n) is 8.66. The third-order valence-electron chi connectivity index (χ3n) is 3.45. The number of allylic oxidation sites excluding steroid dienone is 2. The van der Waals surface area contributed by atoms with Crippen molar-refractivity contribution in [1.82, 2.24) is 0 Å². The summed E-state index contributed by atoms with van der Waals surface area (Å²) in [5.41, 5.74) is 1.26. The second-order valence-electron chi connectivity index (χ2n) is 5.75. The summed E-state index contributed by atoms with van der Waals surface area (Å²) >= 11 is 0. The summed E-state index contributed by atoms with van der Waals surface area (Å²) in [4.78, 5) is 34.6. The van der Waals surface area contributed by atoms with Crippen molar-refractivity contribution in [1.29, 1.82) is 5.26 Å². The largest absolute Gasteiger partial charge is 0.477 e. The number of carboxylic acids is 1. The lowest BCUT2D eigenvalue weighted by Crippen LogP contribution is -2.13. The number of amides is 2. The average Bonchev–Trinajstić information content (AvgIpc) is 2.60. The second kappa shape index (κ2) is 11.3. The van der Waals surface area contributed by atoms with Crippen LogP contribution < -0.4 is 10.6 Å². The highest BCUT2D eigenvalue weighted by Gasteiger charge is 2.08. The molecule has 0 bridgehead atoms. The van der Waals surface area contributed by atoms with Crippen molar-refractivity contribution in [2.45, 2.75) is 39.5 Å². The molecule has 1 rings (SSSR count). The van der Waals surface area contributed by atoms with Crippen LogP contribution in [-0.2, 0) is 14.4 Å². The summed E-state index contributed by atoms with van der Waals surface area (Å²) in [5.74, 6) is -1.59. The number of nitrogens with one attached hydrogen (secondary N) is 2. The Morgan fingerprint density at radius 1 is 1.11 bits per heavy atom. The van der Waals surface area contributed by atoms with Gasteiger partial charge < -0.3 is 15.7 Å². The number of hydrogen-bond donors (Lipinski definition) is 3. The van der Waals surface area contributed by atoms with Crippen LogP contribution in [0.25, 0.3) is 6.08 Å². The Kier molecular flexibility index (Phi) is 9.03. The number of aliphatic carboxylic acids is 1. The van der Waals surface area contributed by atoms with Gasteiger partial charge in [0.2, 0.25) is 11.8 Å². The van der Waals surface area contributed by atoms with Crippen LogP contribution in [0, 0.1) is 11.3 Å². The van der Waals surface area contributed by atoms with Crippen molar-refractivity contribution < 1.29 is 19.5 Å². The number of carboxylic acid groups (broad SMARTS) is 1. The number of nitriles is 1. The topological polar surface area (TPSA) is 119 Å². The number of rotatable bonds is 9. The fourth-order valence-electron chi connectivity index (χ4n) is 2.18. The monoisotopic (exact) mass is 369 g/mol. The molecule has 0 unspecified atom stereocenters. The summed E-state index contributed by atoms with van der Waals surface area (Å²) in [5, 5.41) is 23.2. The predicted octanol–water partition coefficient (Wildman–Crippen LogP) is 3.71. The minimum Gasteiger partial charge on any atom is -0.477 e. The van der Waals surface area contributed by atoms with Gasteiger partial charge in [-0.25, -0.2) is 4.79 Å². The minimum absolute atomic E-state index is 0.116. The van der Waals surface area contributed by atoms with Gasteiger partial charge in [0.15, 0.2) is 0 Å². The molecule has 0 atom stereocenters. The van der Waals surface area contributed by atoms with E-state index in [1.54, 1.807) is 30.3 Å². The van der Waals surface area contributed by atoms with E-state index in [4.69, 9.17) is 10.4 Å². The van der Waals surface area contributed by atoms with Gasteiger partial charge in [-0.15, -0.1) is 0 Å². The van der Waals surface area contributed by atoms with Gasteiger partial charge >= 0.3 is 5.97 Å². The number of carbonyl (C=O) groups is 3. The first-order valence-corrected chi connectivity index (χ1v) is 8.66. The summed E-state index contributed by atoms with van der Waals surface area (Å²) in [6, 6.07) is 6.62. The third kappa shape index (κ3) is 7.57. The summed E-state index contributed by atoms with van der Waals surface area (Å²) < 4.78 is 0. The molecule has 0 saturated heterocycles. The van der Waals surface area contributed by atoms with Gasteiger partial charge in [-0.1, -0.05) is 32.1 Å². The van der Waals surface area contributed by atoms with Gasteiger partial charge in [-0.05, 0) is 36.6 Å². The highest BCUT2D eigenvalue weighted by Crippen LogP contribution is 2.23. The number of hydrogen-bond acceptors (Lipinski definition) is 4. The Morgan fingerprint density at radius 2 is 1.74 bits per heavy atom. The summed E-state index contributed by atoms with van der Waals surface area (Å²) in [7, 11) is 0. The van der Waals surface area contributed by atoms with E-state index >= 15 is 0 Å². The number of benzene rings is 1. The van der Waals surface area contributed by atoms with Crippen LogP contribution in [0.2, 0.25) is 0 Å². The lowest BCUT2D eigenvalue weighted by atomic mass is 10.1. The maximum Gasteiger partial charge on any atom is 0.346 e. The molecule has 1 aromatic rings. The lowest BCUT2D eigenvalue weighted by Gasteiger charge is -2.12. The zero-order valence-corrected chi connectivity index (χ0v) is 15.4. The molecule has 7 nitrogen and oxygen atoms in total. The molecule has 0 heterocycles. The Bertz CT molecular complexity index is 804. The molecule has 0 fully saturated rings. The maximum atomic E-state index is 12.0. The van der Waals surface area contributed by atoms with Crippen LogP contribution in [0.4, 0.5) is 11.4 Å². The molecule has 142 valence electrons. The van der Waals surface area contributed by atoms with E-state index in [0.29, 0.717) is 36.2 Å². The molecular weight excluding hydrogens is 346 g/mol. The zero-order chi connectivity index (χ0) is 20.2. The summed E-state index contributed by atoms with van der Waals surface area (Å²) in [6.07, 6.45) is 6.35. The van der Waals surface area contributed by atoms with E-state index in [9.17, 15) is 14.4 Å². The predicted molar refractivity (Wildman–Crippen MR) is 104 cm³/mol. The van der Waals surface area contributed by atoms with Crippen LogP contribution in [0.15, 0.2) is 35.9 Å². The number of carbonyl (C=O) groups excluding carboxylic acids is 2. The first-order chi connectivity index (χ1) is 12.9. The molecule has 0 aliphatic rings. The van der Waals surface area contributed by atoms with Crippen molar-refractivity contribution in [2.24, 2.45) is 0 Å². The van der Waals surface area contributed by atoms with Crippen molar-refractivity contribution in [3.8, 4) is 6.07 Å². The normalized spacial score (nSPS) is 11.1. The van der Waals surface area contributed by atoms with Crippen molar-refractivity contribution in [2.75, 3.05) is 10.6 Å². The molecule has 0 aliphatic heterocycles. The molecule has 0 aromatic heterocycles. The van der Waals surface area contributed by atoms with E-state index < -0.39 is 11.5 Å². The number of nitrogens with zero attached hydrogens (tertiary/aromatic N) is 1. The SMILES string of the molecule is CCCC(=O)Nc1ccc(C=CC=C(C#N)C(=O)O)c(NC(=O)CCC)c1. The fraction of sp³-hybridized carbons (Fsp3) is 0.300. The molecule has 2 amide bonds. The Labute approximate surface area is 158 Å². The Morgan fingerprint density at radius 3 is 2.30 bits per heavy atom. The van der Waals surface area contributed by atoms with Crippen LogP contribution >= 0.6 is 0 Å². The van der Waals surface area contributed by atoms with Gasteiger partial charge in [-0.2, -0.15) is 5.26 Å². The molecule has 27 heavy (non-hydrogen) atoms. The van der Waals surface area contributed by atoms with Gasteiger partial charge in [0.05, 0.1) is 5.69 Å². The summed E-state index contributed by atoms with van der Waals surface area (Å²) in [6.45, 7) is 3.80. The molecule has 7 heteroatoms. The Hall–Kier alpha value is -3.40. The third-order valence-corrected chi connectivity index (χ3v) is 3.45. The van der Waals surface area contributed by atoms with Crippen LogP contribution in [-0.4, -0.2) is 22.9 Å². The highest BCUT2D eigenvalue weighted by molar-refractivity contribution is 5.96. The van der Waals surface area contributed by atoms with E-state index in [-0.39, 0.29) is 11.8 Å². The fourth-order valence-corrected chi connectivity index (χ4v) is 2.18. The smallest absolute Gasteiger partial charge is 0.346 e. The zero-order valence-electron chi connectivity index (χ0n) is 15.4. The Balaban J connectivity index is 3.13. The molecule has 0 radical (unpaired) electrons. The molecule has 3 N–H and O–H groups in total. The standard InChI is InChI=1S/C20H23N3O4/c1-3-6-18(24)22-16-11-10-14(8-5-9-15(13-21)20(26)27)17(12-16)23-19(25)7-4-2/h5,8-12H,3-4,6-7H2,1-2H3,(H,22,24)(H,23,25)(H,26,27). The molecule has 0 saturated carbocycles. The van der Waals surface area contributed by atoms with Gasteiger partial charge in [-0.3, -0.25) is 9.59 Å². The average molecular weight is 369 g/mol. The van der Waals surface area contributed by atoms with Gasteiger partial charge in [0.1, 0.15) is 11.6 Å². The van der Waals surface area contributed by atoms with Crippen molar-refractivity contribution in [3.63, 3.8) is 0 Å². The van der Waals surface area contributed by atoms with Gasteiger partial charge in [0, 0.05) is 18.5 Å². The van der Waals surface area contributed by atoms with Crippen LogP contribution in [0.5, 0.6) is 0 Å². The molecule has 1 aromatic carbocycles. The number of anilines is 2. The lowest BCUT2D eigenvalue weighted by molar-refractivity contribution is -0.132. The minimum atomic E-state index is -1.31.